The molecule has 1 atom stereocenters. The van der Waals surface area contributed by atoms with Crippen LogP contribution >= 0.6 is 11.6 Å². The molecule has 3 nitrogen and oxygen atoms in total. The van der Waals surface area contributed by atoms with Gasteiger partial charge in [0.05, 0.1) is 6.61 Å². The molecule has 4 heteroatoms. The first-order chi connectivity index (χ1) is 13.7. The van der Waals surface area contributed by atoms with Crippen LogP contribution in [-0.2, 0) is 13.2 Å². The second-order valence-corrected chi connectivity index (χ2v) is 6.98. The average Bonchev–Trinajstić information content (AvgIpc) is 2.73. The summed E-state index contributed by atoms with van der Waals surface area (Å²) in [7, 11) is 0. The maximum absolute atomic E-state index is 6.28. The summed E-state index contributed by atoms with van der Waals surface area (Å²) in [4.78, 5) is 0. The van der Waals surface area contributed by atoms with Gasteiger partial charge < -0.3 is 14.8 Å². The molecular weight excluding hydrogens is 370 g/mol. The van der Waals surface area contributed by atoms with Crippen LogP contribution in [0.4, 0.5) is 0 Å². The Morgan fingerprint density at radius 3 is 2.32 bits per heavy atom. The molecule has 0 saturated heterocycles. The first-order valence-electron chi connectivity index (χ1n) is 9.58. The number of halogens is 1. The van der Waals surface area contributed by atoms with Gasteiger partial charge >= 0.3 is 0 Å². The van der Waals surface area contributed by atoms with Crippen LogP contribution in [0.5, 0.6) is 11.5 Å². The molecule has 0 fully saturated rings. The molecule has 28 heavy (non-hydrogen) atoms. The molecule has 0 heterocycles. The van der Waals surface area contributed by atoms with Gasteiger partial charge in [0.15, 0.2) is 11.5 Å². The highest BCUT2D eigenvalue weighted by molar-refractivity contribution is 6.31. The van der Waals surface area contributed by atoms with E-state index in [1.54, 1.807) is 0 Å². The van der Waals surface area contributed by atoms with Crippen LogP contribution in [0.2, 0.25) is 5.02 Å². The molecule has 3 rings (SSSR count). The van der Waals surface area contributed by atoms with Gasteiger partial charge in [-0.25, -0.2) is 0 Å². The van der Waals surface area contributed by atoms with Crippen LogP contribution in [0.25, 0.3) is 0 Å². The van der Waals surface area contributed by atoms with E-state index >= 15 is 0 Å². The summed E-state index contributed by atoms with van der Waals surface area (Å²) in [6, 6.07) is 24.4. The van der Waals surface area contributed by atoms with Crippen molar-refractivity contribution < 1.29 is 9.47 Å². The molecule has 0 aliphatic heterocycles. The van der Waals surface area contributed by atoms with E-state index in [2.05, 4.69) is 42.6 Å². The van der Waals surface area contributed by atoms with Gasteiger partial charge in [0.1, 0.15) is 6.61 Å². The molecule has 1 N–H and O–H groups in total. The fraction of sp³-hybridized carbons (Fsp3) is 0.250. The summed E-state index contributed by atoms with van der Waals surface area (Å²) in [6.07, 6.45) is 0. The lowest BCUT2D eigenvalue weighted by molar-refractivity contribution is 0.266. The van der Waals surface area contributed by atoms with Crippen molar-refractivity contribution >= 4 is 11.6 Å². The fourth-order valence-corrected chi connectivity index (χ4v) is 3.21. The van der Waals surface area contributed by atoms with Gasteiger partial charge in [-0.05, 0) is 31.5 Å². The van der Waals surface area contributed by atoms with Crippen molar-refractivity contribution in [3.05, 3.63) is 94.5 Å². The minimum absolute atomic E-state index is 0.230. The van der Waals surface area contributed by atoms with E-state index in [1.807, 2.05) is 49.4 Å². The lowest BCUT2D eigenvalue weighted by Crippen LogP contribution is -2.18. The Morgan fingerprint density at radius 1 is 0.857 bits per heavy atom. The Bertz CT molecular complexity index is 883. The Kier molecular flexibility index (Phi) is 7.35. The number of para-hydroxylation sites is 1. The summed E-state index contributed by atoms with van der Waals surface area (Å²) < 4.78 is 12.0. The van der Waals surface area contributed by atoms with Crippen LogP contribution in [0.3, 0.4) is 0 Å². The molecule has 3 aromatic carbocycles. The van der Waals surface area contributed by atoms with Gasteiger partial charge in [-0.3, -0.25) is 0 Å². The molecule has 146 valence electrons. The largest absolute Gasteiger partial charge is 0.490 e. The van der Waals surface area contributed by atoms with Gasteiger partial charge in [-0.2, -0.15) is 0 Å². The molecule has 0 aliphatic carbocycles. The molecule has 0 bridgehead atoms. The van der Waals surface area contributed by atoms with E-state index in [-0.39, 0.29) is 6.04 Å². The zero-order valence-electron chi connectivity index (χ0n) is 16.3. The zero-order chi connectivity index (χ0) is 19.8. The quantitative estimate of drug-likeness (QED) is 0.470. The van der Waals surface area contributed by atoms with Crippen LogP contribution in [0, 0.1) is 0 Å². The predicted octanol–water partition coefficient (Wildman–Crippen LogP) is 6.17. The van der Waals surface area contributed by atoms with Crippen molar-refractivity contribution in [1.29, 1.82) is 0 Å². The summed E-state index contributed by atoms with van der Waals surface area (Å²) in [5.41, 5.74) is 3.26. The van der Waals surface area contributed by atoms with Crippen LogP contribution < -0.4 is 14.8 Å². The van der Waals surface area contributed by atoms with Gasteiger partial charge in [0, 0.05) is 28.7 Å². The molecule has 0 spiro atoms. The van der Waals surface area contributed by atoms with E-state index in [0.29, 0.717) is 24.8 Å². The minimum Gasteiger partial charge on any atom is -0.490 e. The molecule has 0 radical (unpaired) electrons. The number of hydrogen-bond acceptors (Lipinski definition) is 3. The minimum atomic E-state index is 0.230. The molecule has 1 unspecified atom stereocenters. The number of rotatable bonds is 9. The molecule has 0 aliphatic rings. The van der Waals surface area contributed by atoms with Crippen molar-refractivity contribution in [3.8, 4) is 11.5 Å². The van der Waals surface area contributed by atoms with Gasteiger partial charge in [0.2, 0.25) is 0 Å². The maximum Gasteiger partial charge on any atom is 0.166 e. The third-order valence-electron chi connectivity index (χ3n) is 4.59. The Hall–Kier alpha value is -2.49. The molecule has 3 aromatic rings. The fourth-order valence-electron chi connectivity index (χ4n) is 3.02. The zero-order valence-corrected chi connectivity index (χ0v) is 17.1. The smallest absolute Gasteiger partial charge is 0.166 e. The monoisotopic (exact) mass is 395 g/mol. The highest BCUT2D eigenvalue weighted by Gasteiger charge is 2.13. The third kappa shape index (κ3) is 5.28. The van der Waals surface area contributed by atoms with Crippen molar-refractivity contribution in [2.24, 2.45) is 0 Å². The van der Waals surface area contributed by atoms with Crippen molar-refractivity contribution in [1.82, 2.24) is 5.32 Å². The lowest BCUT2D eigenvalue weighted by Gasteiger charge is -2.19. The van der Waals surface area contributed by atoms with Crippen LogP contribution in [0.1, 0.15) is 36.6 Å². The number of hydrogen-bond donors (Lipinski definition) is 1. The summed E-state index contributed by atoms with van der Waals surface area (Å²) in [6.45, 7) is 5.78. The predicted molar refractivity (Wildman–Crippen MR) is 115 cm³/mol. The SMILES string of the molecule is CCOc1cccc(CNC(C)c2ccccc2)c1OCc1ccccc1Cl. The summed E-state index contributed by atoms with van der Waals surface area (Å²) >= 11 is 6.28. The number of nitrogens with one attached hydrogen (secondary N) is 1. The maximum atomic E-state index is 6.28. The van der Waals surface area contributed by atoms with Crippen molar-refractivity contribution in [3.63, 3.8) is 0 Å². The van der Waals surface area contributed by atoms with Crippen LogP contribution in [0.15, 0.2) is 72.8 Å². The van der Waals surface area contributed by atoms with Gasteiger partial charge in [0.25, 0.3) is 0 Å². The lowest BCUT2D eigenvalue weighted by atomic mass is 10.1. The number of ether oxygens (including phenoxy) is 2. The van der Waals surface area contributed by atoms with Crippen LogP contribution in [-0.4, -0.2) is 6.61 Å². The Morgan fingerprint density at radius 2 is 1.57 bits per heavy atom. The standard InChI is InChI=1S/C24H26ClNO2/c1-3-27-23-15-9-13-20(16-26-18(2)19-10-5-4-6-11-19)24(23)28-17-21-12-7-8-14-22(21)25/h4-15,18,26H,3,16-17H2,1-2H3. The highest BCUT2D eigenvalue weighted by atomic mass is 35.5. The second kappa shape index (κ2) is 10.2. The summed E-state index contributed by atoms with van der Waals surface area (Å²) in [5, 5.41) is 4.28. The molecule has 0 saturated carbocycles. The Balaban J connectivity index is 1.76. The first-order valence-corrected chi connectivity index (χ1v) is 9.96. The molecule has 0 amide bonds. The van der Waals surface area contributed by atoms with Gasteiger partial charge in [-0.1, -0.05) is 72.3 Å². The normalized spacial score (nSPS) is 11.8. The van der Waals surface area contributed by atoms with E-state index in [9.17, 15) is 0 Å². The van der Waals surface area contributed by atoms with E-state index in [4.69, 9.17) is 21.1 Å². The Labute approximate surface area is 172 Å². The average molecular weight is 396 g/mol. The van der Waals surface area contributed by atoms with E-state index in [0.717, 1.165) is 22.6 Å². The van der Waals surface area contributed by atoms with Gasteiger partial charge in [-0.15, -0.1) is 0 Å². The number of benzene rings is 3. The highest BCUT2D eigenvalue weighted by Crippen LogP contribution is 2.33. The molecular formula is C24H26ClNO2. The third-order valence-corrected chi connectivity index (χ3v) is 4.96. The van der Waals surface area contributed by atoms with Crippen molar-refractivity contribution in [2.45, 2.75) is 33.0 Å². The van der Waals surface area contributed by atoms with E-state index in [1.165, 1.54) is 5.56 Å². The van der Waals surface area contributed by atoms with E-state index < -0.39 is 0 Å². The second-order valence-electron chi connectivity index (χ2n) is 6.57. The first kappa shape index (κ1) is 20.2. The van der Waals surface area contributed by atoms with Crippen molar-refractivity contribution in [2.75, 3.05) is 6.61 Å². The molecule has 0 aromatic heterocycles. The topological polar surface area (TPSA) is 30.5 Å². The summed E-state index contributed by atoms with van der Waals surface area (Å²) in [5.74, 6) is 1.51.